The summed E-state index contributed by atoms with van der Waals surface area (Å²) in [7, 11) is 0. The fraction of sp³-hybridized carbons (Fsp3) is 0.321. The fourth-order valence-corrected chi connectivity index (χ4v) is 5.54. The average Bonchev–Trinajstić information content (AvgIpc) is 3.61. The molecule has 0 saturated carbocycles. The molecule has 4 atom stereocenters. The zero-order valence-electron chi connectivity index (χ0n) is 19.6. The molecule has 7 rings (SSSR count). The molecule has 5 heterocycles. The maximum absolute atomic E-state index is 12.8. The predicted molar refractivity (Wildman–Crippen MR) is 133 cm³/mol. The molecule has 7 nitrogen and oxygen atoms in total. The Hall–Kier alpha value is -3.71. The monoisotopic (exact) mass is 467 g/mol. The van der Waals surface area contributed by atoms with Crippen LogP contribution in [0, 0.1) is 11.8 Å². The van der Waals surface area contributed by atoms with Crippen molar-refractivity contribution in [2.24, 2.45) is 11.8 Å². The Kier molecular flexibility index (Phi) is 5.92. The maximum atomic E-state index is 12.8. The molecule has 0 radical (unpaired) electrons. The van der Waals surface area contributed by atoms with Gasteiger partial charge in [-0.05, 0) is 48.6 Å². The number of piperidine rings is 3. The smallest absolute Gasteiger partial charge is 0.225 e. The van der Waals surface area contributed by atoms with E-state index in [0.717, 1.165) is 49.5 Å². The summed E-state index contributed by atoms with van der Waals surface area (Å²) in [5.74, 6) is 1.38. The van der Waals surface area contributed by atoms with E-state index in [0.29, 0.717) is 18.5 Å². The summed E-state index contributed by atoms with van der Waals surface area (Å²) in [5.41, 5.74) is 4.35. The van der Waals surface area contributed by atoms with Crippen LogP contribution in [0.5, 0.6) is 0 Å². The van der Waals surface area contributed by atoms with Gasteiger partial charge in [0, 0.05) is 18.2 Å². The lowest BCUT2D eigenvalue weighted by Crippen LogP contribution is -2.57. The first kappa shape index (κ1) is 21.8. The van der Waals surface area contributed by atoms with Crippen LogP contribution in [-0.2, 0) is 17.9 Å². The van der Waals surface area contributed by atoms with Crippen LogP contribution in [0.1, 0.15) is 18.6 Å². The third kappa shape index (κ3) is 4.64. The number of nitrogens with one attached hydrogen (secondary N) is 1. The summed E-state index contributed by atoms with van der Waals surface area (Å²) in [6.45, 7) is 3.10. The number of aromatic nitrogens is 3. The van der Waals surface area contributed by atoms with E-state index in [1.54, 1.807) is 6.26 Å². The molecule has 3 fully saturated rings. The molecule has 178 valence electrons. The van der Waals surface area contributed by atoms with Crippen LogP contribution in [0.2, 0.25) is 0 Å². The number of benzene rings is 2. The highest BCUT2D eigenvalue weighted by molar-refractivity contribution is 5.79. The fourth-order valence-electron chi connectivity index (χ4n) is 5.54. The third-order valence-corrected chi connectivity index (χ3v) is 7.46. The topological polar surface area (TPSA) is 76.2 Å². The first-order chi connectivity index (χ1) is 17.2. The molecule has 1 N–H and O–H groups in total. The van der Waals surface area contributed by atoms with Gasteiger partial charge in [-0.2, -0.15) is 0 Å². The Morgan fingerprint density at radius 2 is 1.80 bits per heavy atom. The van der Waals surface area contributed by atoms with Gasteiger partial charge in [0.1, 0.15) is 11.5 Å². The standard InChI is InChI=1S/C28H29N5O2/c34-28(29-16-25-7-4-14-35-25)26-18-32-13-12-23(26)15-24(32)17-33-19-27(30-31-33)22-10-8-21(9-11-22)20-5-2-1-3-6-20/h1-11,14,19,23-24,26H,12-13,15-18H2,(H,29,34)/t23-,24+,26-/m0/s1. The van der Waals surface area contributed by atoms with Crippen molar-refractivity contribution in [2.45, 2.75) is 32.0 Å². The number of hydrogen-bond donors (Lipinski definition) is 1. The van der Waals surface area contributed by atoms with Crippen molar-refractivity contribution in [2.75, 3.05) is 13.1 Å². The largest absolute Gasteiger partial charge is 0.467 e. The van der Waals surface area contributed by atoms with Crippen LogP contribution in [-0.4, -0.2) is 44.9 Å². The Morgan fingerprint density at radius 3 is 2.54 bits per heavy atom. The number of furan rings is 1. The minimum atomic E-state index is 0.0457. The van der Waals surface area contributed by atoms with Gasteiger partial charge >= 0.3 is 0 Å². The molecule has 1 unspecified atom stereocenters. The van der Waals surface area contributed by atoms with E-state index in [-0.39, 0.29) is 11.8 Å². The van der Waals surface area contributed by atoms with E-state index >= 15 is 0 Å². The SMILES string of the molecule is O=C(NCc1ccco1)[C@H]1CN2CC[C@H]1C[C@@H]2Cn1cc(-c2ccc(-c3ccccc3)cc2)nn1. The Bertz CT molecular complexity index is 1270. The number of carbonyl (C=O) groups excluding carboxylic acids is 1. The molecule has 1 amide bonds. The van der Waals surface area contributed by atoms with Crippen molar-refractivity contribution >= 4 is 5.91 Å². The Morgan fingerprint density at radius 1 is 1.00 bits per heavy atom. The molecule has 7 heteroatoms. The summed E-state index contributed by atoms with van der Waals surface area (Å²) in [4.78, 5) is 15.3. The number of rotatable bonds is 7. The lowest BCUT2D eigenvalue weighted by atomic mass is 9.75. The van der Waals surface area contributed by atoms with Crippen LogP contribution >= 0.6 is 0 Å². The summed E-state index contributed by atoms with van der Waals surface area (Å²) < 4.78 is 7.29. The molecule has 35 heavy (non-hydrogen) atoms. The van der Waals surface area contributed by atoms with Crippen LogP contribution in [0.4, 0.5) is 0 Å². The van der Waals surface area contributed by atoms with Crippen molar-refractivity contribution in [3.8, 4) is 22.4 Å². The predicted octanol–water partition coefficient (Wildman–Crippen LogP) is 4.23. The van der Waals surface area contributed by atoms with E-state index in [2.05, 4.69) is 69.1 Å². The molecule has 3 aliphatic heterocycles. The summed E-state index contributed by atoms with van der Waals surface area (Å²) in [6, 6.07) is 23.0. The molecule has 2 aromatic heterocycles. The molecule has 2 bridgehead atoms. The van der Waals surface area contributed by atoms with Gasteiger partial charge in [-0.25, -0.2) is 0 Å². The zero-order valence-corrected chi connectivity index (χ0v) is 19.6. The normalized spacial score (nSPS) is 23.3. The maximum Gasteiger partial charge on any atom is 0.225 e. The van der Waals surface area contributed by atoms with Crippen molar-refractivity contribution in [3.05, 3.63) is 85.0 Å². The van der Waals surface area contributed by atoms with Crippen LogP contribution in [0.25, 0.3) is 22.4 Å². The van der Waals surface area contributed by atoms with Gasteiger partial charge in [0.2, 0.25) is 5.91 Å². The van der Waals surface area contributed by atoms with E-state index < -0.39 is 0 Å². The van der Waals surface area contributed by atoms with Gasteiger partial charge in [-0.3, -0.25) is 14.4 Å². The second-order valence-electron chi connectivity index (χ2n) is 9.61. The van der Waals surface area contributed by atoms with E-state index in [1.165, 1.54) is 11.1 Å². The number of hydrogen-bond acceptors (Lipinski definition) is 5. The van der Waals surface area contributed by atoms with Crippen LogP contribution < -0.4 is 5.32 Å². The second kappa shape index (κ2) is 9.50. The zero-order chi connectivity index (χ0) is 23.6. The molecule has 0 aliphatic carbocycles. The minimum Gasteiger partial charge on any atom is -0.467 e. The van der Waals surface area contributed by atoms with Crippen LogP contribution in [0.15, 0.2) is 83.6 Å². The van der Waals surface area contributed by atoms with Crippen molar-refractivity contribution in [1.82, 2.24) is 25.2 Å². The van der Waals surface area contributed by atoms with E-state index in [1.807, 2.05) is 29.1 Å². The van der Waals surface area contributed by atoms with E-state index in [4.69, 9.17) is 4.42 Å². The second-order valence-corrected chi connectivity index (χ2v) is 9.61. The highest BCUT2D eigenvalue weighted by Gasteiger charge is 2.43. The molecule has 3 saturated heterocycles. The van der Waals surface area contributed by atoms with E-state index in [9.17, 15) is 4.79 Å². The third-order valence-electron chi connectivity index (χ3n) is 7.46. The molecular formula is C28H29N5O2. The molecular weight excluding hydrogens is 438 g/mol. The lowest BCUT2D eigenvalue weighted by Gasteiger charge is -2.49. The summed E-state index contributed by atoms with van der Waals surface area (Å²) in [5, 5.41) is 11.9. The van der Waals surface area contributed by atoms with Gasteiger partial charge < -0.3 is 9.73 Å². The lowest BCUT2D eigenvalue weighted by molar-refractivity contribution is -0.133. The minimum absolute atomic E-state index is 0.0457. The van der Waals surface area contributed by atoms with Crippen molar-refractivity contribution < 1.29 is 9.21 Å². The number of carbonyl (C=O) groups is 1. The van der Waals surface area contributed by atoms with Gasteiger partial charge in [0.15, 0.2) is 0 Å². The first-order valence-electron chi connectivity index (χ1n) is 12.3. The highest BCUT2D eigenvalue weighted by atomic mass is 16.3. The highest BCUT2D eigenvalue weighted by Crippen LogP contribution is 2.37. The first-order valence-corrected chi connectivity index (χ1v) is 12.3. The van der Waals surface area contributed by atoms with Gasteiger partial charge in [0.25, 0.3) is 0 Å². The van der Waals surface area contributed by atoms with Gasteiger partial charge in [0.05, 0.1) is 31.5 Å². The molecule has 4 aromatic rings. The average molecular weight is 468 g/mol. The Labute approximate surface area is 204 Å². The Balaban J connectivity index is 1.07. The van der Waals surface area contributed by atoms with Crippen molar-refractivity contribution in [3.63, 3.8) is 0 Å². The number of fused-ring (bicyclic) bond motifs is 3. The molecule has 2 aromatic carbocycles. The number of nitrogens with zero attached hydrogens (tertiary/aromatic N) is 4. The van der Waals surface area contributed by atoms with Gasteiger partial charge in [-0.15, -0.1) is 5.10 Å². The summed E-state index contributed by atoms with van der Waals surface area (Å²) >= 11 is 0. The molecule has 3 aliphatic rings. The van der Waals surface area contributed by atoms with Crippen molar-refractivity contribution in [1.29, 1.82) is 0 Å². The van der Waals surface area contributed by atoms with Gasteiger partial charge in [-0.1, -0.05) is 59.8 Å². The number of amides is 1. The summed E-state index contributed by atoms with van der Waals surface area (Å²) in [6.07, 6.45) is 5.76. The van der Waals surface area contributed by atoms with Crippen LogP contribution in [0.3, 0.4) is 0 Å². The quantitative estimate of drug-likeness (QED) is 0.440. The molecule has 0 spiro atoms.